The number of carbonyl (C=O) groups is 1. The third kappa shape index (κ3) is 5.73. The average molecular weight is 419 g/mol. The molecule has 0 heterocycles. The summed E-state index contributed by atoms with van der Waals surface area (Å²) in [6.07, 6.45) is 0.449. The standard InChI is InChI=1S/C22H30N2O4S/c1-14-12-16(3)21(13-15(14)2)17(4)23-22(25)18(5)28-20-10-8-19(9-11-20)24(6)29(7,26)27/h8-13,17-18H,1-7H3,(H,23,25)/t17-,18+/m0/s1. The Balaban J connectivity index is 2.03. The number of carbonyl (C=O) groups excluding carboxylic acids is 1. The van der Waals surface area contributed by atoms with Crippen LogP contribution in [0.3, 0.4) is 0 Å². The molecule has 2 rings (SSSR count). The summed E-state index contributed by atoms with van der Waals surface area (Å²) in [7, 11) is -1.84. The van der Waals surface area contributed by atoms with Gasteiger partial charge in [-0.05, 0) is 81.1 Å². The number of sulfonamides is 1. The summed E-state index contributed by atoms with van der Waals surface area (Å²) in [6.45, 7) is 9.82. The molecule has 0 aromatic heterocycles. The molecule has 1 amide bonds. The predicted octanol–water partition coefficient (Wildman–Crippen LogP) is 3.65. The molecule has 158 valence electrons. The van der Waals surface area contributed by atoms with Gasteiger partial charge in [0, 0.05) is 7.05 Å². The maximum Gasteiger partial charge on any atom is 0.261 e. The van der Waals surface area contributed by atoms with Crippen molar-refractivity contribution in [3.8, 4) is 5.75 Å². The van der Waals surface area contributed by atoms with E-state index in [-0.39, 0.29) is 11.9 Å². The van der Waals surface area contributed by atoms with Crippen molar-refractivity contribution in [3.05, 3.63) is 58.7 Å². The average Bonchev–Trinajstić information content (AvgIpc) is 2.63. The van der Waals surface area contributed by atoms with Gasteiger partial charge < -0.3 is 10.1 Å². The molecule has 0 aliphatic carbocycles. The number of rotatable bonds is 7. The largest absolute Gasteiger partial charge is 0.481 e. The van der Waals surface area contributed by atoms with E-state index in [2.05, 4.69) is 31.3 Å². The summed E-state index contributed by atoms with van der Waals surface area (Å²) >= 11 is 0. The van der Waals surface area contributed by atoms with Crippen molar-refractivity contribution in [1.82, 2.24) is 5.32 Å². The van der Waals surface area contributed by atoms with Crippen molar-refractivity contribution < 1.29 is 17.9 Å². The van der Waals surface area contributed by atoms with Gasteiger partial charge in [0.1, 0.15) is 5.75 Å². The van der Waals surface area contributed by atoms with E-state index in [1.54, 1.807) is 31.2 Å². The SMILES string of the molecule is Cc1cc(C)c([C@H](C)NC(=O)[C@@H](C)Oc2ccc(N(C)S(C)(=O)=O)cc2)cc1C. The quantitative estimate of drug-likeness (QED) is 0.745. The van der Waals surface area contributed by atoms with Crippen LogP contribution in [0.4, 0.5) is 5.69 Å². The van der Waals surface area contributed by atoms with Crippen LogP contribution in [0.15, 0.2) is 36.4 Å². The Morgan fingerprint density at radius 2 is 1.55 bits per heavy atom. The van der Waals surface area contributed by atoms with Gasteiger partial charge in [-0.15, -0.1) is 0 Å². The molecule has 2 aromatic carbocycles. The molecule has 0 bridgehead atoms. The van der Waals surface area contributed by atoms with E-state index in [1.165, 1.54) is 22.5 Å². The van der Waals surface area contributed by atoms with Crippen molar-refractivity contribution in [2.75, 3.05) is 17.6 Å². The first-order chi connectivity index (χ1) is 13.4. The normalized spacial score (nSPS) is 13.5. The Hall–Kier alpha value is -2.54. The van der Waals surface area contributed by atoms with Crippen LogP contribution in [0, 0.1) is 20.8 Å². The van der Waals surface area contributed by atoms with E-state index in [0.717, 1.165) is 17.4 Å². The van der Waals surface area contributed by atoms with Crippen LogP contribution >= 0.6 is 0 Å². The number of nitrogens with one attached hydrogen (secondary N) is 1. The van der Waals surface area contributed by atoms with Gasteiger partial charge in [0.25, 0.3) is 5.91 Å². The smallest absolute Gasteiger partial charge is 0.261 e. The van der Waals surface area contributed by atoms with Crippen LogP contribution in [0.5, 0.6) is 5.75 Å². The second-order valence-corrected chi connectivity index (χ2v) is 9.52. The molecule has 29 heavy (non-hydrogen) atoms. The van der Waals surface area contributed by atoms with Crippen LogP contribution in [-0.4, -0.2) is 33.7 Å². The van der Waals surface area contributed by atoms with E-state index in [1.807, 2.05) is 13.8 Å². The molecule has 0 aliphatic rings. The van der Waals surface area contributed by atoms with E-state index in [9.17, 15) is 13.2 Å². The maximum atomic E-state index is 12.6. The van der Waals surface area contributed by atoms with Crippen LogP contribution in [0.25, 0.3) is 0 Å². The van der Waals surface area contributed by atoms with Crippen molar-refractivity contribution in [3.63, 3.8) is 0 Å². The highest BCUT2D eigenvalue weighted by atomic mass is 32.2. The molecule has 0 saturated heterocycles. The highest BCUT2D eigenvalue weighted by Crippen LogP contribution is 2.23. The van der Waals surface area contributed by atoms with Gasteiger partial charge in [0.15, 0.2) is 6.10 Å². The molecule has 0 aliphatic heterocycles. The lowest BCUT2D eigenvalue weighted by Gasteiger charge is -2.21. The molecule has 0 radical (unpaired) electrons. The van der Waals surface area contributed by atoms with Crippen LogP contribution in [-0.2, 0) is 14.8 Å². The van der Waals surface area contributed by atoms with Gasteiger partial charge in [-0.1, -0.05) is 12.1 Å². The Morgan fingerprint density at radius 1 is 1.00 bits per heavy atom. The van der Waals surface area contributed by atoms with Crippen LogP contribution in [0.1, 0.15) is 42.1 Å². The minimum atomic E-state index is -3.33. The molecule has 6 nitrogen and oxygen atoms in total. The molecular formula is C22H30N2O4S. The first-order valence-corrected chi connectivity index (χ1v) is 11.3. The third-order valence-electron chi connectivity index (χ3n) is 5.09. The number of amides is 1. The fraction of sp³-hybridized carbons (Fsp3) is 0.409. The van der Waals surface area contributed by atoms with Gasteiger partial charge in [-0.2, -0.15) is 0 Å². The highest BCUT2D eigenvalue weighted by molar-refractivity contribution is 7.92. The van der Waals surface area contributed by atoms with E-state index in [0.29, 0.717) is 11.4 Å². The molecule has 0 saturated carbocycles. The highest BCUT2D eigenvalue weighted by Gasteiger charge is 2.19. The number of anilines is 1. The summed E-state index contributed by atoms with van der Waals surface area (Å²) in [5, 5.41) is 3.00. The minimum absolute atomic E-state index is 0.140. The monoisotopic (exact) mass is 418 g/mol. The summed E-state index contributed by atoms with van der Waals surface area (Å²) in [4.78, 5) is 12.6. The molecule has 7 heteroatoms. The molecule has 2 aromatic rings. The topological polar surface area (TPSA) is 75.7 Å². The number of nitrogens with zero attached hydrogens (tertiary/aromatic N) is 1. The van der Waals surface area contributed by atoms with Gasteiger partial charge in [0.2, 0.25) is 10.0 Å². The zero-order chi connectivity index (χ0) is 21.9. The van der Waals surface area contributed by atoms with Gasteiger partial charge in [0.05, 0.1) is 18.0 Å². The molecule has 2 atom stereocenters. The lowest BCUT2D eigenvalue weighted by atomic mass is 9.96. The number of ether oxygens (including phenoxy) is 1. The number of hydrogen-bond donors (Lipinski definition) is 1. The number of hydrogen-bond acceptors (Lipinski definition) is 4. The molecular weight excluding hydrogens is 388 g/mol. The molecule has 0 spiro atoms. The number of benzene rings is 2. The van der Waals surface area contributed by atoms with Gasteiger partial charge in [-0.3, -0.25) is 9.10 Å². The van der Waals surface area contributed by atoms with Crippen molar-refractivity contribution >= 4 is 21.6 Å². The predicted molar refractivity (Wildman–Crippen MR) is 117 cm³/mol. The lowest BCUT2D eigenvalue weighted by molar-refractivity contribution is -0.127. The second kappa shape index (κ2) is 8.86. The Bertz CT molecular complexity index is 985. The molecule has 0 fully saturated rings. The maximum absolute atomic E-state index is 12.6. The summed E-state index contributed by atoms with van der Waals surface area (Å²) in [5.41, 5.74) is 5.17. The summed E-state index contributed by atoms with van der Waals surface area (Å²) < 4.78 is 30.1. The zero-order valence-corrected chi connectivity index (χ0v) is 18.9. The van der Waals surface area contributed by atoms with Crippen LogP contribution in [0.2, 0.25) is 0 Å². The Kier molecular flexibility index (Phi) is 6.95. The fourth-order valence-electron chi connectivity index (χ4n) is 3.04. The van der Waals surface area contributed by atoms with Crippen molar-refractivity contribution in [1.29, 1.82) is 0 Å². The zero-order valence-electron chi connectivity index (χ0n) is 18.1. The Labute approximate surface area is 173 Å². The van der Waals surface area contributed by atoms with E-state index in [4.69, 9.17) is 4.74 Å². The third-order valence-corrected chi connectivity index (χ3v) is 6.29. The van der Waals surface area contributed by atoms with Gasteiger partial charge in [-0.25, -0.2) is 8.42 Å². The summed E-state index contributed by atoms with van der Waals surface area (Å²) in [5.74, 6) is 0.278. The second-order valence-electron chi connectivity index (χ2n) is 7.51. The van der Waals surface area contributed by atoms with E-state index < -0.39 is 16.1 Å². The molecule has 1 N–H and O–H groups in total. The van der Waals surface area contributed by atoms with Crippen LogP contribution < -0.4 is 14.4 Å². The Morgan fingerprint density at radius 3 is 2.10 bits per heavy atom. The first kappa shape index (κ1) is 22.7. The first-order valence-electron chi connectivity index (χ1n) is 9.49. The van der Waals surface area contributed by atoms with Crippen molar-refractivity contribution in [2.45, 2.75) is 46.8 Å². The number of aryl methyl sites for hydroxylation is 3. The molecule has 0 unspecified atom stereocenters. The van der Waals surface area contributed by atoms with Gasteiger partial charge >= 0.3 is 0 Å². The summed E-state index contributed by atoms with van der Waals surface area (Å²) in [6, 6.07) is 10.7. The minimum Gasteiger partial charge on any atom is -0.481 e. The lowest BCUT2D eigenvalue weighted by Crippen LogP contribution is -2.38. The van der Waals surface area contributed by atoms with E-state index >= 15 is 0 Å². The fourth-order valence-corrected chi connectivity index (χ4v) is 3.55. The van der Waals surface area contributed by atoms with Crippen molar-refractivity contribution in [2.24, 2.45) is 0 Å².